The molecule has 0 unspecified atom stereocenters. The highest BCUT2D eigenvalue weighted by Gasteiger charge is 2.34. The molecule has 35 heavy (non-hydrogen) atoms. The Kier molecular flexibility index (Phi) is 8.72. The summed E-state index contributed by atoms with van der Waals surface area (Å²) in [5.41, 5.74) is 1.13. The molecule has 0 radical (unpaired) electrons. The van der Waals surface area contributed by atoms with Gasteiger partial charge >= 0.3 is 11.9 Å². The lowest BCUT2D eigenvalue weighted by atomic mass is 10.1. The van der Waals surface area contributed by atoms with Crippen molar-refractivity contribution in [3.8, 4) is 0 Å². The first-order valence-corrected chi connectivity index (χ1v) is 11.8. The molecule has 0 saturated carbocycles. The van der Waals surface area contributed by atoms with E-state index in [0.29, 0.717) is 16.7 Å². The van der Waals surface area contributed by atoms with Crippen LogP contribution in [0.15, 0.2) is 24.3 Å². The zero-order valence-corrected chi connectivity index (χ0v) is 20.5. The average molecular weight is 503 g/mol. The smallest absolute Gasteiger partial charge is 0.348 e. The van der Waals surface area contributed by atoms with Crippen LogP contribution in [0.5, 0.6) is 0 Å². The van der Waals surface area contributed by atoms with E-state index in [1.54, 1.807) is 38.1 Å². The summed E-state index contributed by atoms with van der Waals surface area (Å²) < 4.78 is 15.1. The molecule has 1 aliphatic rings. The number of esters is 2. The molecule has 0 atom stereocenters. The second-order valence-electron chi connectivity index (χ2n) is 7.57. The minimum Gasteiger partial charge on any atom is -0.462 e. The number of thiophene rings is 1. The maximum atomic E-state index is 12.6. The van der Waals surface area contributed by atoms with Crippen molar-refractivity contribution in [3.63, 3.8) is 0 Å². The molecule has 0 saturated heterocycles. The normalized spacial score (nSPS) is 12.5. The number of benzene rings is 1. The molecule has 0 aliphatic carbocycles. The number of imide groups is 1. The molecule has 10 nitrogen and oxygen atoms in total. The largest absolute Gasteiger partial charge is 0.462 e. The van der Waals surface area contributed by atoms with Crippen molar-refractivity contribution in [2.24, 2.45) is 0 Å². The van der Waals surface area contributed by atoms with Gasteiger partial charge in [0, 0.05) is 20.1 Å². The number of nitrogens with zero attached hydrogens (tertiary/aromatic N) is 1. The molecule has 0 spiro atoms. The molecule has 0 fully saturated rings. The maximum absolute atomic E-state index is 12.6. The molecule has 3 amide bonds. The van der Waals surface area contributed by atoms with Crippen LogP contribution in [-0.4, -0.2) is 68.0 Å². The molecule has 1 aromatic carbocycles. The van der Waals surface area contributed by atoms with Gasteiger partial charge in [-0.15, -0.1) is 11.3 Å². The summed E-state index contributed by atoms with van der Waals surface area (Å²) in [6.07, 6.45) is 0.211. The quantitative estimate of drug-likeness (QED) is 0.282. The van der Waals surface area contributed by atoms with Crippen LogP contribution < -0.4 is 5.32 Å². The van der Waals surface area contributed by atoms with Gasteiger partial charge in [-0.25, -0.2) is 9.59 Å². The van der Waals surface area contributed by atoms with Gasteiger partial charge < -0.3 is 19.5 Å². The Bertz CT molecular complexity index is 1120. The van der Waals surface area contributed by atoms with Crippen LogP contribution in [-0.2, 0) is 19.0 Å². The number of hydrogen-bond acceptors (Lipinski definition) is 9. The van der Waals surface area contributed by atoms with Crippen LogP contribution >= 0.6 is 11.3 Å². The molecule has 3 rings (SSSR count). The Morgan fingerprint density at radius 2 is 1.66 bits per heavy atom. The molecule has 1 aliphatic heterocycles. The minimum absolute atomic E-state index is 0.0137. The van der Waals surface area contributed by atoms with Gasteiger partial charge in [0.05, 0.1) is 29.9 Å². The van der Waals surface area contributed by atoms with E-state index in [0.717, 1.165) is 16.2 Å². The van der Waals surface area contributed by atoms with Crippen molar-refractivity contribution in [3.05, 3.63) is 51.4 Å². The predicted octanol–water partition coefficient (Wildman–Crippen LogP) is 3.05. The lowest BCUT2D eigenvalue weighted by Gasteiger charge is -2.13. The topological polar surface area (TPSA) is 128 Å². The number of carbonyl (C=O) groups is 5. The Morgan fingerprint density at radius 1 is 1.00 bits per heavy atom. The van der Waals surface area contributed by atoms with E-state index >= 15 is 0 Å². The number of fused-ring (bicyclic) bond motifs is 1. The molecular weight excluding hydrogens is 476 g/mol. The lowest BCUT2D eigenvalue weighted by molar-refractivity contribution is -0.116. The number of methoxy groups -OCH3 is 1. The number of nitrogens with one attached hydrogen (secondary N) is 1. The number of hydrogen-bond donors (Lipinski definition) is 1. The number of carbonyl (C=O) groups excluding carboxylic acids is 5. The average Bonchev–Trinajstić information content (AvgIpc) is 3.28. The van der Waals surface area contributed by atoms with Crippen LogP contribution in [0.3, 0.4) is 0 Å². The van der Waals surface area contributed by atoms with Crippen LogP contribution in [0, 0.1) is 6.92 Å². The van der Waals surface area contributed by atoms with Gasteiger partial charge in [-0.3, -0.25) is 19.3 Å². The van der Waals surface area contributed by atoms with E-state index in [-0.39, 0.29) is 66.5 Å². The fourth-order valence-electron chi connectivity index (χ4n) is 3.56. The number of amides is 3. The molecule has 1 aromatic heterocycles. The first-order valence-electron chi connectivity index (χ1n) is 11.0. The van der Waals surface area contributed by atoms with Crippen LogP contribution in [0.1, 0.15) is 66.1 Å². The summed E-state index contributed by atoms with van der Waals surface area (Å²) in [6, 6.07) is 6.56. The Morgan fingerprint density at radius 3 is 2.26 bits per heavy atom. The van der Waals surface area contributed by atoms with Crippen LogP contribution in [0.25, 0.3) is 0 Å². The van der Waals surface area contributed by atoms with E-state index in [9.17, 15) is 24.0 Å². The zero-order chi connectivity index (χ0) is 25.5. The van der Waals surface area contributed by atoms with Crippen molar-refractivity contribution >= 4 is 46.0 Å². The molecule has 0 bridgehead atoms. The SMILES string of the molecule is CCOC(=O)c1c(NC(=O)CCCN2C(=O)c3ccccc3C2=O)sc(C(=O)OCCOC)c1C. The Balaban J connectivity index is 1.66. The van der Waals surface area contributed by atoms with Gasteiger partial charge in [-0.05, 0) is 38.0 Å². The summed E-state index contributed by atoms with van der Waals surface area (Å²) >= 11 is 0.919. The summed E-state index contributed by atoms with van der Waals surface area (Å²) in [6.45, 7) is 3.68. The fourth-order valence-corrected chi connectivity index (χ4v) is 4.66. The third kappa shape index (κ3) is 5.75. The zero-order valence-electron chi connectivity index (χ0n) is 19.7. The van der Waals surface area contributed by atoms with Gasteiger partial charge in [0.1, 0.15) is 16.5 Å². The highest BCUT2D eigenvalue weighted by molar-refractivity contribution is 7.18. The minimum atomic E-state index is -0.668. The predicted molar refractivity (Wildman–Crippen MR) is 127 cm³/mol. The van der Waals surface area contributed by atoms with Crippen molar-refractivity contribution in [2.45, 2.75) is 26.7 Å². The maximum Gasteiger partial charge on any atom is 0.348 e. The van der Waals surface area contributed by atoms with Crippen molar-refractivity contribution in [2.75, 3.05) is 38.8 Å². The van der Waals surface area contributed by atoms with Gasteiger partial charge in [0.2, 0.25) is 5.91 Å². The summed E-state index contributed by atoms with van der Waals surface area (Å²) in [5, 5.41) is 2.83. The lowest BCUT2D eigenvalue weighted by Crippen LogP contribution is -2.31. The molecule has 11 heteroatoms. The standard InChI is InChI=1S/C24H26N2O8S/c1-4-33-23(30)18-14(2)19(24(31)34-13-12-32-3)35-20(18)25-17(27)10-7-11-26-21(28)15-8-5-6-9-16(15)22(26)29/h5-6,8-9H,4,7,10-13H2,1-3H3,(H,25,27). The van der Waals surface area contributed by atoms with E-state index in [1.807, 2.05) is 0 Å². The van der Waals surface area contributed by atoms with Gasteiger partial charge in [-0.2, -0.15) is 0 Å². The van der Waals surface area contributed by atoms with Gasteiger partial charge in [0.15, 0.2) is 0 Å². The van der Waals surface area contributed by atoms with E-state index in [4.69, 9.17) is 14.2 Å². The molecule has 1 N–H and O–H groups in total. The monoisotopic (exact) mass is 502 g/mol. The Labute approximate surface area is 206 Å². The highest BCUT2D eigenvalue weighted by Crippen LogP contribution is 2.34. The van der Waals surface area contributed by atoms with Gasteiger partial charge in [-0.1, -0.05) is 12.1 Å². The third-order valence-corrected chi connectivity index (χ3v) is 6.44. The molecule has 186 valence electrons. The van der Waals surface area contributed by atoms with Crippen LogP contribution in [0.2, 0.25) is 0 Å². The summed E-state index contributed by atoms with van der Waals surface area (Å²) in [7, 11) is 1.48. The number of anilines is 1. The summed E-state index contributed by atoms with van der Waals surface area (Å²) in [4.78, 5) is 63.8. The second-order valence-corrected chi connectivity index (χ2v) is 8.59. The van der Waals surface area contributed by atoms with E-state index in [1.165, 1.54) is 7.11 Å². The molecular formula is C24H26N2O8S. The van der Waals surface area contributed by atoms with Crippen LogP contribution in [0.4, 0.5) is 5.00 Å². The molecule has 2 aromatic rings. The first-order chi connectivity index (χ1) is 16.8. The number of ether oxygens (including phenoxy) is 3. The van der Waals surface area contributed by atoms with E-state index < -0.39 is 17.8 Å². The van der Waals surface area contributed by atoms with Crippen molar-refractivity contribution < 1.29 is 38.2 Å². The van der Waals surface area contributed by atoms with Crippen molar-refractivity contribution in [1.29, 1.82) is 0 Å². The fraction of sp³-hybridized carbons (Fsp3) is 0.375. The highest BCUT2D eigenvalue weighted by atomic mass is 32.1. The molecule has 2 heterocycles. The summed E-state index contributed by atoms with van der Waals surface area (Å²) in [5.74, 6) is -2.52. The first kappa shape index (κ1) is 26.0. The van der Waals surface area contributed by atoms with E-state index in [2.05, 4.69) is 5.32 Å². The Hall–Kier alpha value is -3.57. The second kappa shape index (κ2) is 11.7. The van der Waals surface area contributed by atoms with Gasteiger partial charge in [0.25, 0.3) is 11.8 Å². The number of rotatable bonds is 11. The third-order valence-electron chi connectivity index (χ3n) is 5.25. The van der Waals surface area contributed by atoms with Crippen molar-refractivity contribution in [1.82, 2.24) is 4.90 Å².